The molecule has 0 bridgehead atoms. The fourth-order valence-electron chi connectivity index (χ4n) is 3.37. The molecule has 2 heterocycles. The first-order chi connectivity index (χ1) is 13.6. The molecule has 0 N–H and O–H groups in total. The summed E-state index contributed by atoms with van der Waals surface area (Å²) >= 11 is 6.13. The Morgan fingerprint density at radius 1 is 1.14 bits per heavy atom. The number of benzene rings is 2. The molecule has 3 aromatic rings. The molecule has 0 spiro atoms. The van der Waals surface area contributed by atoms with Crippen molar-refractivity contribution in [2.24, 2.45) is 0 Å². The van der Waals surface area contributed by atoms with Crippen molar-refractivity contribution in [1.82, 2.24) is 9.78 Å². The maximum atomic E-state index is 13.4. The Bertz CT molecular complexity index is 1050. The number of halogens is 1. The van der Waals surface area contributed by atoms with Crippen LogP contribution in [0.25, 0.3) is 5.69 Å². The molecular formula is C21H18ClN3O3. The number of hydrogen-bond donors (Lipinski definition) is 0. The predicted octanol–water partition coefficient (Wildman–Crippen LogP) is 3.91. The molecule has 7 heteroatoms. The molecule has 142 valence electrons. The standard InChI is InChI=1S/C21H18ClN3O3/c1-2-28-21(27)18-17-11-12-24(15-8-4-3-5-9-15)20(26)19(17)25(23-18)16-10-6-7-14(22)13-16/h3-10,13H,2,11-12H2,1H3. The summed E-state index contributed by atoms with van der Waals surface area (Å²) < 4.78 is 6.64. The van der Waals surface area contributed by atoms with Crippen LogP contribution in [0.15, 0.2) is 54.6 Å². The van der Waals surface area contributed by atoms with Gasteiger partial charge in [-0.1, -0.05) is 35.9 Å². The molecule has 0 radical (unpaired) electrons. The van der Waals surface area contributed by atoms with Gasteiger partial charge in [0.25, 0.3) is 5.91 Å². The van der Waals surface area contributed by atoms with Crippen LogP contribution in [-0.2, 0) is 11.2 Å². The van der Waals surface area contributed by atoms with Gasteiger partial charge in [0.1, 0.15) is 5.69 Å². The molecule has 0 fully saturated rings. The Balaban J connectivity index is 1.86. The average molecular weight is 396 g/mol. The molecule has 4 rings (SSSR count). The molecule has 1 aliphatic heterocycles. The normalized spacial score (nSPS) is 13.4. The van der Waals surface area contributed by atoms with Crippen LogP contribution in [0.1, 0.15) is 33.5 Å². The Morgan fingerprint density at radius 2 is 1.89 bits per heavy atom. The number of nitrogens with zero attached hydrogens (tertiary/aromatic N) is 3. The number of fused-ring (bicyclic) bond motifs is 1. The minimum absolute atomic E-state index is 0.179. The van der Waals surface area contributed by atoms with E-state index in [1.54, 1.807) is 36.1 Å². The summed E-state index contributed by atoms with van der Waals surface area (Å²) in [6.45, 7) is 2.44. The van der Waals surface area contributed by atoms with Gasteiger partial charge in [-0.15, -0.1) is 0 Å². The van der Waals surface area contributed by atoms with Crippen LogP contribution in [0, 0.1) is 0 Å². The molecule has 28 heavy (non-hydrogen) atoms. The minimum atomic E-state index is -0.527. The van der Waals surface area contributed by atoms with E-state index in [9.17, 15) is 9.59 Å². The van der Waals surface area contributed by atoms with Crippen LogP contribution in [0.2, 0.25) is 5.02 Å². The molecule has 1 aromatic heterocycles. The summed E-state index contributed by atoms with van der Waals surface area (Å²) in [5, 5.41) is 4.95. The van der Waals surface area contributed by atoms with Crippen molar-refractivity contribution < 1.29 is 14.3 Å². The number of aromatic nitrogens is 2. The number of hydrogen-bond acceptors (Lipinski definition) is 4. The minimum Gasteiger partial charge on any atom is -0.461 e. The highest BCUT2D eigenvalue weighted by molar-refractivity contribution is 6.30. The molecule has 0 aliphatic carbocycles. The number of ether oxygens (including phenoxy) is 1. The number of carbonyl (C=O) groups is 2. The van der Waals surface area contributed by atoms with Crippen LogP contribution >= 0.6 is 11.6 Å². The number of carbonyl (C=O) groups excluding carboxylic acids is 2. The van der Waals surface area contributed by atoms with Crippen molar-refractivity contribution in [1.29, 1.82) is 0 Å². The highest BCUT2D eigenvalue weighted by atomic mass is 35.5. The van der Waals surface area contributed by atoms with Gasteiger partial charge in [-0.25, -0.2) is 9.48 Å². The van der Waals surface area contributed by atoms with E-state index in [1.165, 1.54) is 4.68 Å². The van der Waals surface area contributed by atoms with Gasteiger partial charge in [0.05, 0.1) is 12.3 Å². The summed E-state index contributed by atoms with van der Waals surface area (Å²) in [6, 6.07) is 16.5. The summed E-state index contributed by atoms with van der Waals surface area (Å²) in [5.74, 6) is -0.740. The average Bonchev–Trinajstić information content (AvgIpc) is 3.10. The molecule has 1 amide bonds. The molecular weight excluding hydrogens is 378 g/mol. The van der Waals surface area contributed by atoms with E-state index in [4.69, 9.17) is 16.3 Å². The van der Waals surface area contributed by atoms with E-state index in [1.807, 2.05) is 30.3 Å². The van der Waals surface area contributed by atoms with Gasteiger partial charge >= 0.3 is 5.97 Å². The highest BCUT2D eigenvalue weighted by Crippen LogP contribution is 2.29. The molecule has 0 saturated carbocycles. The zero-order valence-corrected chi connectivity index (χ0v) is 16.0. The van der Waals surface area contributed by atoms with Crippen molar-refractivity contribution in [2.45, 2.75) is 13.3 Å². The molecule has 2 aromatic carbocycles. The van der Waals surface area contributed by atoms with E-state index in [2.05, 4.69) is 5.10 Å². The van der Waals surface area contributed by atoms with Gasteiger partial charge in [0.15, 0.2) is 5.69 Å². The monoisotopic (exact) mass is 395 g/mol. The third-order valence-electron chi connectivity index (χ3n) is 4.61. The zero-order valence-electron chi connectivity index (χ0n) is 15.3. The Morgan fingerprint density at radius 3 is 2.61 bits per heavy atom. The van der Waals surface area contributed by atoms with Crippen LogP contribution in [-0.4, -0.2) is 34.8 Å². The molecule has 0 atom stereocenters. The molecule has 0 saturated heterocycles. The van der Waals surface area contributed by atoms with Crippen LogP contribution in [0.4, 0.5) is 5.69 Å². The van der Waals surface area contributed by atoms with Gasteiger partial charge in [-0.2, -0.15) is 5.10 Å². The third kappa shape index (κ3) is 3.16. The van der Waals surface area contributed by atoms with Crippen LogP contribution in [0.5, 0.6) is 0 Å². The summed E-state index contributed by atoms with van der Waals surface area (Å²) in [7, 11) is 0. The Kier molecular flexibility index (Phi) is 4.88. The van der Waals surface area contributed by atoms with Crippen LogP contribution < -0.4 is 4.90 Å². The van der Waals surface area contributed by atoms with E-state index in [0.29, 0.717) is 34.9 Å². The summed E-state index contributed by atoms with van der Waals surface area (Å²) in [6.07, 6.45) is 0.505. The van der Waals surface area contributed by atoms with E-state index >= 15 is 0 Å². The first-order valence-electron chi connectivity index (χ1n) is 9.02. The zero-order chi connectivity index (χ0) is 19.7. The number of para-hydroxylation sites is 1. The van der Waals surface area contributed by atoms with Gasteiger partial charge in [0, 0.05) is 22.8 Å². The Hall–Kier alpha value is -3.12. The lowest BCUT2D eigenvalue weighted by atomic mass is 10.0. The summed E-state index contributed by atoms with van der Waals surface area (Å²) in [4.78, 5) is 27.5. The van der Waals surface area contributed by atoms with Crippen molar-refractivity contribution in [3.05, 3.63) is 76.6 Å². The lowest BCUT2D eigenvalue weighted by Crippen LogP contribution is -2.39. The van der Waals surface area contributed by atoms with Gasteiger partial charge < -0.3 is 9.64 Å². The third-order valence-corrected chi connectivity index (χ3v) is 4.84. The SMILES string of the molecule is CCOC(=O)c1nn(-c2cccc(Cl)c2)c2c1CCN(c1ccccc1)C2=O. The number of anilines is 1. The second kappa shape index (κ2) is 7.48. The van der Waals surface area contributed by atoms with Crippen molar-refractivity contribution in [3.63, 3.8) is 0 Å². The quantitative estimate of drug-likeness (QED) is 0.628. The number of esters is 1. The fourth-order valence-corrected chi connectivity index (χ4v) is 3.56. The maximum Gasteiger partial charge on any atom is 0.359 e. The topological polar surface area (TPSA) is 64.4 Å². The maximum absolute atomic E-state index is 13.4. The first kappa shape index (κ1) is 18.3. The van der Waals surface area contributed by atoms with Gasteiger partial charge in [-0.3, -0.25) is 4.79 Å². The molecule has 0 unspecified atom stereocenters. The van der Waals surface area contributed by atoms with Crippen molar-refractivity contribution in [2.75, 3.05) is 18.1 Å². The van der Waals surface area contributed by atoms with Gasteiger partial charge in [0.2, 0.25) is 0 Å². The predicted molar refractivity (Wildman–Crippen MR) is 106 cm³/mol. The second-order valence-electron chi connectivity index (χ2n) is 6.33. The Labute approximate surface area is 167 Å². The smallest absolute Gasteiger partial charge is 0.359 e. The number of rotatable bonds is 4. The highest BCUT2D eigenvalue weighted by Gasteiger charge is 2.35. The molecule has 1 aliphatic rings. The van der Waals surface area contributed by atoms with Gasteiger partial charge in [-0.05, 0) is 43.7 Å². The van der Waals surface area contributed by atoms with Crippen LogP contribution in [0.3, 0.4) is 0 Å². The number of amides is 1. The van der Waals surface area contributed by atoms with E-state index in [0.717, 1.165) is 5.69 Å². The van der Waals surface area contributed by atoms with E-state index < -0.39 is 5.97 Å². The fraction of sp³-hybridized carbons (Fsp3) is 0.190. The lowest BCUT2D eigenvalue weighted by Gasteiger charge is -2.27. The first-order valence-corrected chi connectivity index (χ1v) is 9.39. The summed E-state index contributed by atoms with van der Waals surface area (Å²) in [5.41, 5.74) is 2.56. The van der Waals surface area contributed by atoms with Crippen molar-refractivity contribution in [3.8, 4) is 5.69 Å². The van der Waals surface area contributed by atoms with Crippen molar-refractivity contribution >= 4 is 29.2 Å². The second-order valence-corrected chi connectivity index (χ2v) is 6.77. The lowest BCUT2D eigenvalue weighted by molar-refractivity contribution is 0.0517. The largest absolute Gasteiger partial charge is 0.461 e. The molecule has 6 nitrogen and oxygen atoms in total. The van der Waals surface area contributed by atoms with E-state index in [-0.39, 0.29) is 18.2 Å².